The largest absolute Gasteiger partial charge is 0.347 e. The van der Waals surface area contributed by atoms with E-state index in [9.17, 15) is 4.79 Å². The van der Waals surface area contributed by atoms with Crippen molar-refractivity contribution >= 4 is 61.5 Å². The molecule has 4 heterocycles. The fourth-order valence-electron chi connectivity index (χ4n) is 7.26. The van der Waals surface area contributed by atoms with Crippen LogP contribution in [-0.2, 0) is 10.2 Å². The van der Waals surface area contributed by atoms with E-state index in [4.69, 9.17) is 28.2 Å². The molecule has 3 aliphatic heterocycles. The van der Waals surface area contributed by atoms with Gasteiger partial charge in [-0.1, -0.05) is 70.9 Å². The number of para-hydroxylation sites is 2. The normalized spacial score (nSPS) is 22.4. The smallest absolute Gasteiger partial charge is 0.247 e. The first kappa shape index (κ1) is 28.0. The van der Waals surface area contributed by atoms with Gasteiger partial charge in [0.25, 0.3) is 0 Å². The number of carbonyl (C=O) groups excluding carboxylic acids is 1. The molecule has 3 aliphatic rings. The molecule has 3 saturated heterocycles. The second-order valence-electron chi connectivity index (χ2n) is 11.9. The zero-order valence-electron chi connectivity index (χ0n) is 23.6. The third-order valence-corrected chi connectivity index (χ3v) is 11.5. The summed E-state index contributed by atoms with van der Waals surface area (Å²) in [6, 6.07) is 24.9. The van der Waals surface area contributed by atoms with Gasteiger partial charge in [-0.2, -0.15) is 0 Å². The Bertz CT molecular complexity index is 1550. The van der Waals surface area contributed by atoms with Crippen LogP contribution >= 0.6 is 34.5 Å². The van der Waals surface area contributed by atoms with Gasteiger partial charge in [-0.05, 0) is 80.6 Å². The Balaban J connectivity index is 1.04. The van der Waals surface area contributed by atoms with Crippen LogP contribution < -0.4 is 15.1 Å². The average molecular weight is 621 g/mol. The lowest BCUT2D eigenvalue weighted by molar-refractivity contribution is -0.125. The molecule has 1 N–H and O–H groups in total. The summed E-state index contributed by atoms with van der Waals surface area (Å²) in [4.78, 5) is 25.3. The number of nitrogens with zero attached hydrogens (tertiary/aromatic N) is 4. The standard InChI is InChI=1S/C33H35Cl2N5OS/c34-26-12-11-24(21-27(26)35)32(14-20-39(22-32)31-37-28-9-4-5-10-29(28)42-31)13-6-17-38-18-15-33(16-19-38)30(41)36-23-40(33)25-7-2-1-3-8-25/h1-5,7-12,21H,6,13-20,22-23H2,(H,36,41). The van der Waals surface area contributed by atoms with Crippen molar-refractivity contribution in [3.8, 4) is 0 Å². The summed E-state index contributed by atoms with van der Waals surface area (Å²) in [6.07, 6.45) is 4.88. The van der Waals surface area contributed by atoms with Gasteiger partial charge in [0.05, 0.1) is 26.9 Å². The quantitative estimate of drug-likeness (QED) is 0.242. The van der Waals surface area contributed by atoms with Gasteiger partial charge in [-0.15, -0.1) is 0 Å². The summed E-state index contributed by atoms with van der Waals surface area (Å²) in [7, 11) is 0. The first-order valence-electron chi connectivity index (χ1n) is 14.9. The van der Waals surface area contributed by atoms with Crippen LogP contribution in [0.3, 0.4) is 0 Å². The van der Waals surface area contributed by atoms with Crippen molar-refractivity contribution < 1.29 is 4.79 Å². The summed E-state index contributed by atoms with van der Waals surface area (Å²) >= 11 is 14.6. The minimum absolute atomic E-state index is 0.0153. The van der Waals surface area contributed by atoms with Crippen LogP contribution in [0.15, 0.2) is 72.8 Å². The molecule has 6 nitrogen and oxygen atoms in total. The fourth-order valence-corrected chi connectivity index (χ4v) is 8.55. The highest BCUT2D eigenvalue weighted by Crippen LogP contribution is 2.44. The molecule has 1 atom stereocenters. The van der Waals surface area contributed by atoms with E-state index >= 15 is 0 Å². The second-order valence-corrected chi connectivity index (χ2v) is 13.8. The van der Waals surface area contributed by atoms with Crippen molar-refractivity contribution in [2.45, 2.75) is 43.1 Å². The van der Waals surface area contributed by atoms with E-state index in [1.165, 1.54) is 10.3 Å². The SMILES string of the molecule is O=C1NCN(c2ccccc2)C12CCN(CCCC1(c3ccc(Cl)c(Cl)c3)CCN(c3nc4ccccc4s3)C1)CC2. The minimum Gasteiger partial charge on any atom is -0.347 e. The lowest BCUT2D eigenvalue weighted by atomic mass is 9.76. The van der Waals surface area contributed by atoms with E-state index in [2.05, 4.69) is 68.5 Å². The van der Waals surface area contributed by atoms with Crippen LogP contribution in [0.2, 0.25) is 10.0 Å². The average Bonchev–Trinajstić information content (AvgIpc) is 3.73. The molecule has 4 aromatic rings. The van der Waals surface area contributed by atoms with Crippen LogP contribution in [-0.4, -0.2) is 60.7 Å². The number of nitrogens with one attached hydrogen (secondary N) is 1. The highest BCUT2D eigenvalue weighted by molar-refractivity contribution is 7.22. The molecule has 3 fully saturated rings. The van der Waals surface area contributed by atoms with E-state index in [1.54, 1.807) is 11.3 Å². The molecule has 1 amide bonds. The maximum Gasteiger partial charge on any atom is 0.247 e. The first-order valence-corrected chi connectivity index (χ1v) is 16.4. The predicted molar refractivity (Wildman–Crippen MR) is 174 cm³/mol. The Hall–Kier alpha value is -2.84. The molecule has 1 unspecified atom stereocenters. The van der Waals surface area contributed by atoms with Crippen LogP contribution in [0.5, 0.6) is 0 Å². The lowest BCUT2D eigenvalue weighted by Crippen LogP contribution is -2.56. The van der Waals surface area contributed by atoms with Crippen molar-refractivity contribution in [3.63, 3.8) is 0 Å². The Kier molecular flexibility index (Phi) is 7.55. The van der Waals surface area contributed by atoms with Crippen molar-refractivity contribution in [3.05, 3.63) is 88.4 Å². The van der Waals surface area contributed by atoms with Crippen molar-refractivity contribution in [2.75, 3.05) is 49.2 Å². The van der Waals surface area contributed by atoms with Gasteiger partial charge in [0.2, 0.25) is 5.91 Å². The van der Waals surface area contributed by atoms with Crippen LogP contribution in [0.4, 0.5) is 10.8 Å². The summed E-state index contributed by atoms with van der Waals surface area (Å²) in [6.45, 7) is 5.34. The number of rotatable bonds is 7. The number of anilines is 2. The number of likely N-dealkylation sites (tertiary alicyclic amines) is 1. The van der Waals surface area contributed by atoms with E-state index in [-0.39, 0.29) is 11.3 Å². The highest BCUT2D eigenvalue weighted by Gasteiger charge is 2.50. The number of aromatic nitrogens is 1. The van der Waals surface area contributed by atoms with Gasteiger partial charge < -0.3 is 20.0 Å². The molecular weight excluding hydrogens is 585 g/mol. The molecular formula is C33H35Cl2N5OS. The number of fused-ring (bicyclic) bond motifs is 1. The first-order chi connectivity index (χ1) is 20.5. The molecule has 7 rings (SSSR count). The van der Waals surface area contributed by atoms with Crippen LogP contribution in [0.25, 0.3) is 10.2 Å². The lowest BCUT2D eigenvalue weighted by Gasteiger charge is -2.43. The number of halogens is 2. The van der Waals surface area contributed by atoms with Gasteiger partial charge in [0, 0.05) is 37.3 Å². The molecule has 1 aromatic heterocycles. The van der Waals surface area contributed by atoms with Crippen molar-refractivity contribution in [2.24, 2.45) is 0 Å². The Labute approximate surface area is 261 Å². The summed E-state index contributed by atoms with van der Waals surface area (Å²) < 4.78 is 1.23. The minimum atomic E-state index is -0.442. The number of carbonyl (C=O) groups is 1. The number of amides is 1. The molecule has 9 heteroatoms. The van der Waals surface area contributed by atoms with E-state index in [0.29, 0.717) is 16.7 Å². The van der Waals surface area contributed by atoms with Crippen molar-refractivity contribution in [1.82, 2.24) is 15.2 Å². The molecule has 0 radical (unpaired) electrons. The topological polar surface area (TPSA) is 51.7 Å². The highest BCUT2D eigenvalue weighted by atomic mass is 35.5. The fraction of sp³-hybridized carbons (Fsp3) is 0.394. The summed E-state index contributed by atoms with van der Waals surface area (Å²) in [5.41, 5.74) is 2.99. The monoisotopic (exact) mass is 619 g/mol. The number of piperidine rings is 1. The number of thiazole rings is 1. The number of hydrogen-bond donors (Lipinski definition) is 1. The van der Waals surface area contributed by atoms with Gasteiger partial charge in [-0.25, -0.2) is 4.98 Å². The third-order valence-electron chi connectivity index (χ3n) is 9.66. The molecule has 0 saturated carbocycles. The van der Waals surface area contributed by atoms with Crippen LogP contribution in [0, 0.1) is 0 Å². The molecule has 1 spiro atoms. The summed E-state index contributed by atoms with van der Waals surface area (Å²) in [5.74, 6) is 0.172. The Morgan fingerprint density at radius 2 is 1.69 bits per heavy atom. The van der Waals surface area contributed by atoms with E-state index < -0.39 is 5.54 Å². The molecule has 218 valence electrons. The third kappa shape index (κ3) is 5.04. The number of hydrogen-bond acceptors (Lipinski definition) is 6. The van der Waals surface area contributed by atoms with Gasteiger partial charge in [0.15, 0.2) is 5.13 Å². The van der Waals surface area contributed by atoms with Gasteiger partial charge in [-0.3, -0.25) is 4.79 Å². The van der Waals surface area contributed by atoms with Gasteiger partial charge >= 0.3 is 0 Å². The Morgan fingerprint density at radius 1 is 0.905 bits per heavy atom. The second kappa shape index (κ2) is 11.3. The summed E-state index contributed by atoms with van der Waals surface area (Å²) in [5, 5.41) is 5.43. The zero-order chi connectivity index (χ0) is 28.7. The predicted octanol–water partition coefficient (Wildman–Crippen LogP) is 6.96. The van der Waals surface area contributed by atoms with E-state index in [1.807, 2.05) is 24.3 Å². The molecule has 0 bridgehead atoms. The maximum absolute atomic E-state index is 13.1. The molecule has 3 aromatic carbocycles. The number of benzene rings is 3. The molecule has 42 heavy (non-hydrogen) atoms. The maximum atomic E-state index is 13.1. The van der Waals surface area contributed by atoms with Crippen LogP contribution in [0.1, 0.15) is 37.7 Å². The zero-order valence-corrected chi connectivity index (χ0v) is 25.9. The van der Waals surface area contributed by atoms with E-state index in [0.717, 1.165) is 81.2 Å². The van der Waals surface area contributed by atoms with Gasteiger partial charge in [0.1, 0.15) is 5.54 Å². The van der Waals surface area contributed by atoms with Crippen molar-refractivity contribution in [1.29, 1.82) is 0 Å². The molecule has 0 aliphatic carbocycles. The Morgan fingerprint density at radius 3 is 2.48 bits per heavy atom.